The quantitative estimate of drug-likeness (QED) is 0.396. The zero-order valence-electron chi connectivity index (χ0n) is 18.5. The number of nitrogens with two attached hydrogens (primary N) is 1. The van der Waals surface area contributed by atoms with Gasteiger partial charge in [0.1, 0.15) is 11.9 Å². The molecular formula is C20H38NO7P. The Labute approximate surface area is 174 Å². The molecule has 1 saturated carbocycles. The topological polar surface area (TPSA) is 109 Å². The maximum atomic E-state index is 12.7. The summed E-state index contributed by atoms with van der Waals surface area (Å²) in [6, 6.07) is 0. The van der Waals surface area contributed by atoms with Crippen LogP contribution in [0.25, 0.3) is 0 Å². The van der Waals surface area contributed by atoms with Crippen LogP contribution in [-0.4, -0.2) is 53.7 Å². The van der Waals surface area contributed by atoms with Crippen LogP contribution in [0.15, 0.2) is 12.3 Å². The van der Waals surface area contributed by atoms with Crippen molar-refractivity contribution in [3.8, 4) is 0 Å². The van der Waals surface area contributed by atoms with Crippen molar-refractivity contribution in [1.82, 2.24) is 0 Å². The molecule has 1 unspecified atom stereocenters. The van der Waals surface area contributed by atoms with Crippen molar-refractivity contribution in [3.05, 3.63) is 12.3 Å². The van der Waals surface area contributed by atoms with Gasteiger partial charge in [-0.15, -0.1) is 0 Å². The van der Waals surface area contributed by atoms with Gasteiger partial charge in [-0.1, -0.05) is 13.5 Å². The van der Waals surface area contributed by atoms with Crippen LogP contribution in [0.2, 0.25) is 0 Å². The molecule has 170 valence electrons. The Hall–Kier alpha value is -0.470. The van der Waals surface area contributed by atoms with E-state index in [1.165, 1.54) is 0 Å². The van der Waals surface area contributed by atoms with Crippen LogP contribution < -0.4 is 5.73 Å². The second-order valence-corrected chi connectivity index (χ2v) is 10.4. The lowest BCUT2D eigenvalue weighted by molar-refractivity contribution is -0.0443. The average Bonchev–Trinajstić information content (AvgIpc) is 3.03. The Balaban J connectivity index is 2.02. The molecule has 0 aromatic heterocycles. The second-order valence-electron chi connectivity index (χ2n) is 9.08. The van der Waals surface area contributed by atoms with Gasteiger partial charge in [-0.05, 0) is 53.4 Å². The third-order valence-corrected chi connectivity index (χ3v) is 6.20. The van der Waals surface area contributed by atoms with Crippen molar-refractivity contribution >= 4 is 7.82 Å². The first-order chi connectivity index (χ1) is 13.3. The summed E-state index contributed by atoms with van der Waals surface area (Å²) in [6.45, 7) is 15.7. The molecule has 0 radical (unpaired) electrons. The number of ether oxygens (including phenoxy) is 3. The zero-order valence-corrected chi connectivity index (χ0v) is 19.4. The summed E-state index contributed by atoms with van der Waals surface area (Å²) in [5.74, 6) is 0.268. The van der Waals surface area contributed by atoms with Crippen molar-refractivity contribution in [3.63, 3.8) is 0 Å². The molecule has 0 aromatic rings. The third kappa shape index (κ3) is 7.03. The summed E-state index contributed by atoms with van der Waals surface area (Å²) < 4.78 is 40.9. The summed E-state index contributed by atoms with van der Waals surface area (Å²) in [6.07, 6.45) is 0.175. The lowest BCUT2D eigenvalue weighted by Gasteiger charge is -2.33. The van der Waals surface area contributed by atoms with Gasteiger partial charge in [-0.25, -0.2) is 4.57 Å². The summed E-state index contributed by atoms with van der Waals surface area (Å²) in [7, 11) is -4.46. The SMILES string of the molecule is C=C(OP(=O)(O)O[C@@H]1C[C@H](C)C[C@]1(N)COC(C)C)[C@H]1O[C@@H](C)C[C@H]1OC(C)C. The summed E-state index contributed by atoms with van der Waals surface area (Å²) in [5.41, 5.74) is 5.64. The first-order valence-electron chi connectivity index (χ1n) is 10.4. The van der Waals surface area contributed by atoms with Gasteiger partial charge < -0.3 is 24.5 Å². The Kier molecular flexibility index (Phi) is 8.36. The van der Waals surface area contributed by atoms with Gasteiger partial charge in [0.05, 0.1) is 42.7 Å². The maximum Gasteiger partial charge on any atom is 0.527 e. The van der Waals surface area contributed by atoms with Crippen molar-refractivity contribution in [2.75, 3.05) is 6.61 Å². The van der Waals surface area contributed by atoms with E-state index in [2.05, 4.69) is 6.58 Å². The first kappa shape index (κ1) is 24.8. The minimum atomic E-state index is -4.46. The van der Waals surface area contributed by atoms with Gasteiger partial charge in [0.15, 0.2) is 0 Å². The molecule has 29 heavy (non-hydrogen) atoms. The van der Waals surface area contributed by atoms with Crippen molar-refractivity contribution in [1.29, 1.82) is 0 Å². The predicted molar refractivity (Wildman–Crippen MR) is 110 cm³/mol. The normalized spacial score (nSPS) is 37.2. The zero-order chi connectivity index (χ0) is 22.0. The van der Waals surface area contributed by atoms with Gasteiger partial charge in [0.25, 0.3) is 0 Å². The van der Waals surface area contributed by atoms with Crippen LogP contribution in [0.1, 0.15) is 60.8 Å². The fourth-order valence-corrected chi connectivity index (χ4v) is 5.13. The average molecular weight is 435 g/mol. The Morgan fingerprint density at radius 3 is 2.52 bits per heavy atom. The van der Waals surface area contributed by atoms with Gasteiger partial charge >= 0.3 is 7.82 Å². The Bertz CT molecular complexity index is 614. The van der Waals surface area contributed by atoms with Gasteiger partial charge in [0.2, 0.25) is 0 Å². The largest absolute Gasteiger partial charge is 0.527 e. The molecule has 0 aromatic carbocycles. The van der Waals surface area contributed by atoms with Crippen LogP contribution in [0.5, 0.6) is 0 Å². The van der Waals surface area contributed by atoms with Crippen molar-refractivity contribution in [2.45, 2.75) is 103 Å². The summed E-state index contributed by atoms with van der Waals surface area (Å²) in [5, 5.41) is 0. The van der Waals surface area contributed by atoms with Crippen LogP contribution in [0.3, 0.4) is 0 Å². The van der Waals surface area contributed by atoms with Crippen LogP contribution in [0, 0.1) is 5.92 Å². The minimum Gasteiger partial charge on any atom is -0.406 e. The highest BCUT2D eigenvalue weighted by atomic mass is 31.2. The molecular weight excluding hydrogens is 397 g/mol. The van der Waals surface area contributed by atoms with Gasteiger partial charge in [-0.3, -0.25) is 9.42 Å². The predicted octanol–water partition coefficient (Wildman–Crippen LogP) is 3.53. The molecule has 0 spiro atoms. The standard InChI is InChI=1S/C20H38NO7P/c1-12(2)24-11-20(21)10-14(5)8-18(20)28-29(22,23)27-16(7)19-17(25-13(3)4)9-15(6)26-19/h12-15,17-19H,7-11,21H2,1-6H3,(H,22,23)/t14-,15-,17+,18+,19+,20-/m0/s1. The van der Waals surface area contributed by atoms with E-state index in [1.807, 2.05) is 41.5 Å². The van der Waals surface area contributed by atoms with E-state index >= 15 is 0 Å². The van der Waals surface area contributed by atoms with E-state index in [0.29, 0.717) is 19.3 Å². The summed E-state index contributed by atoms with van der Waals surface area (Å²) in [4.78, 5) is 10.4. The summed E-state index contributed by atoms with van der Waals surface area (Å²) >= 11 is 0. The molecule has 2 rings (SSSR count). The van der Waals surface area contributed by atoms with Crippen LogP contribution >= 0.6 is 7.82 Å². The molecule has 3 N–H and O–H groups in total. The van der Waals surface area contributed by atoms with Crippen LogP contribution in [-0.2, 0) is 27.8 Å². The molecule has 2 fully saturated rings. The molecule has 9 heteroatoms. The van der Waals surface area contributed by atoms with Gasteiger partial charge in [-0.2, -0.15) is 0 Å². The maximum absolute atomic E-state index is 12.7. The first-order valence-corrected chi connectivity index (χ1v) is 11.9. The van der Waals surface area contributed by atoms with E-state index in [9.17, 15) is 9.46 Å². The molecule has 2 aliphatic rings. The fourth-order valence-electron chi connectivity index (χ4n) is 4.07. The molecule has 1 aliphatic carbocycles. The van der Waals surface area contributed by atoms with E-state index in [4.69, 9.17) is 29.0 Å². The van der Waals surface area contributed by atoms with E-state index < -0.39 is 25.6 Å². The number of hydrogen-bond donors (Lipinski definition) is 2. The molecule has 0 bridgehead atoms. The lowest BCUT2D eigenvalue weighted by Crippen LogP contribution is -2.52. The minimum absolute atomic E-state index is 0.00309. The second kappa shape index (κ2) is 9.77. The van der Waals surface area contributed by atoms with E-state index in [-0.39, 0.29) is 42.7 Å². The number of hydrogen-bond acceptors (Lipinski definition) is 7. The Morgan fingerprint density at radius 1 is 1.28 bits per heavy atom. The van der Waals surface area contributed by atoms with Gasteiger partial charge in [0, 0.05) is 6.42 Å². The number of phosphoric acid groups is 1. The number of phosphoric ester groups is 1. The van der Waals surface area contributed by atoms with E-state index in [0.717, 1.165) is 0 Å². The molecule has 1 heterocycles. The fraction of sp³-hybridized carbons (Fsp3) is 0.900. The molecule has 1 saturated heterocycles. The van der Waals surface area contributed by atoms with Crippen LogP contribution in [0.4, 0.5) is 0 Å². The highest BCUT2D eigenvalue weighted by Crippen LogP contribution is 2.52. The third-order valence-electron chi connectivity index (χ3n) is 5.21. The highest BCUT2D eigenvalue weighted by Gasteiger charge is 2.49. The number of rotatable bonds is 10. The molecule has 8 nitrogen and oxygen atoms in total. The molecule has 1 aliphatic heterocycles. The molecule has 7 atom stereocenters. The lowest BCUT2D eigenvalue weighted by atomic mass is 9.97. The molecule has 0 amide bonds. The highest BCUT2D eigenvalue weighted by molar-refractivity contribution is 7.47. The smallest absolute Gasteiger partial charge is 0.406 e. The van der Waals surface area contributed by atoms with E-state index in [1.54, 1.807) is 0 Å². The van der Waals surface area contributed by atoms with Crippen molar-refractivity contribution < 1.29 is 32.7 Å². The van der Waals surface area contributed by atoms with Crippen molar-refractivity contribution in [2.24, 2.45) is 11.7 Å². The Morgan fingerprint density at radius 2 is 1.93 bits per heavy atom. The monoisotopic (exact) mass is 435 g/mol.